The number of ketones is 1. The average molecular weight is 333 g/mol. The Balaban J connectivity index is 2.14. The van der Waals surface area contributed by atoms with Gasteiger partial charge in [0.25, 0.3) is 0 Å². The number of likely N-dealkylation sites (N-methyl/N-ethyl adjacent to an activating group) is 1. The summed E-state index contributed by atoms with van der Waals surface area (Å²) in [5.41, 5.74) is 2.96. The molecule has 0 N–H and O–H groups in total. The minimum absolute atomic E-state index is 0.0864. The van der Waals surface area contributed by atoms with Crippen LogP contribution in [0.4, 0.5) is 5.69 Å². The first kappa shape index (κ1) is 14.7. The molecular formula is C16H17BrN2O. The van der Waals surface area contributed by atoms with Crippen LogP contribution in [-0.2, 0) is 6.42 Å². The second kappa shape index (κ2) is 6.66. The van der Waals surface area contributed by atoms with E-state index in [1.54, 1.807) is 19.3 Å². The van der Waals surface area contributed by atoms with Gasteiger partial charge in [-0.25, -0.2) is 0 Å². The number of carbonyl (C=O) groups is 1. The molecule has 0 fully saturated rings. The molecule has 20 heavy (non-hydrogen) atoms. The van der Waals surface area contributed by atoms with Crippen molar-refractivity contribution in [3.8, 4) is 0 Å². The van der Waals surface area contributed by atoms with Gasteiger partial charge in [-0.2, -0.15) is 0 Å². The predicted molar refractivity (Wildman–Crippen MR) is 85.4 cm³/mol. The van der Waals surface area contributed by atoms with Gasteiger partial charge in [-0.1, -0.05) is 15.9 Å². The van der Waals surface area contributed by atoms with Crippen molar-refractivity contribution >= 4 is 27.4 Å². The van der Waals surface area contributed by atoms with Gasteiger partial charge in [0.2, 0.25) is 0 Å². The van der Waals surface area contributed by atoms with Crippen LogP contribution in [0.15, 0.2) is 47.2 Å². The lowest BCUT2D eigenvalue weighted by atomic mass is 10.1. The monoisotopic (exact) mass is 332 g/mol. The van der Waals surface area contributed by atoms with Crippen molar-refractivity contribution in [2.24, 2.45) is 0 Å². The number of hydrogen-bond acceptors (Lipinski definition) is 3. The summed E-state index contributed by atoms with van der Waals surface area (Å²) >= 11 is 3.46. The van der Waals surface area contributed by atoms with E-state index in [0.29, 0.717) is 0 Å². The van der Waals surface area contributed by atoms with Crippen LogP contribution in [0.2, 0.25) is 0 Å². The maximum absolute atomic E-state index is 11.7. The summed E-state index contributed by atoms with van der Waals surface area (Å²) in [6, 6.07) is 9.78. The summed E-state index contributed by atoms with van der Waals surface area (Å²) < 4.78 is 0.980. The molecule has 0 aliphatic rings. The lowest BCUT2D eigenvalue weighted by molar-refractivity contribution is 0.101. The molecule has 0 amide bonds. The lowest BCUT2D eigenvalue weighted by Gasteiger charge is -2.22. The summed E-state index contributed by atoms with van der Waals surface area (Å²) in [5, 5.41) is 0. The number of pyridine rings is 1. The van der Waals surface area contributed by atoms with E-state index in [1.165, 1.54) is 5.56 Å². The maximum Gasteiger partial charge on any atom is 0.161 e. The van der Waals surface area contributed by atoms with Crippen LogP contribution in [0.3, 0.4) is 0 Å². The molecular weight excluding hydrogens is 316 g/mol. The van der Waals surface area contributed by atoms with Crippen LogP contribution < -0.4 is 4.90 Å². The SMILES string of the molecule is CC(=O)c1ccc(Br)cc1N(C)CCc1ccncc1. The number of aromatic nitrogens is 1. The van der Waals surface area contributed by atoms with Crippen molar-refractivity contribution in [3.05, 3.63) is 58.3 Å². The third kappa shape index (κ3) is 3.67. The fraction of sp³-hybridized carbons (Fsp3) is 0.250. The zero-order chi connectivity index (χ0) is 14.5. The molecule has 0 aliphatic carbocycles. The third-order valence-corrected chi connectivity index (χ3v) is 3.73. The van der Waals surface area contributed by atoms with Crippen molar-refractivity contribution < 1.29 is 4.79 Å². The van der Waals surface area contributed by atoms with Gasteiger partial charge >= 0.3 is 0 Å². The van der Waals surface area contributed by atoms with E-state index >= 15 is 0 Å². The molecule has 0 spiro atoms. The number of Topliss-reactive ketones (excluding diaryl/α,β-unsaturated/α-hetero) is 1. The predicted octanol–water partition coefficient (Wildman–Crippen LogP) is 3.73. The highest BCUT2D eigenvalue weighted by Gasteiger charge is 2.11. The molecule has 4 heteroatoms. The van der Waals surface area contributed by atoms with Gasteiger partial charge in [0, 0.05) is 41.7 Å². The van der Waals surface area contributed by atoms with Gasteiger partial charge in [-0.15, -0.1) is 0 Å². The lowest BCUT2D eigenvalue weighted by Crippen LogP contribution is -2.22. The Labute approximate surface area is 127 Å². The highest BCUT2D eigenvalue weighted by atomic mass is 79.9. The van der Waals surface area contributed by atoms with E-state index in [1.807, 2.05) is 37.4 Å². The van der Waals surface area contributed by atoms with Crippen LogP contribution in [-0.4, -0.2) is 24.4 Å². The number of anilines is 1. The fourth-order valence-corrected chi connectivity index (χ4v) is 2.43. The quantitative estimate of drug-likeness (QED) is 0.782. The topological polar surface area (TPSA) is 33.2 Å². The molecule has 0 radical (unpaired) electrons. The van der Waals surface area contributed by atoms with Gasteiger partial charge in [0.15, 0.2) is 5.78 Å². The first-order valence-electron chi connectivity index (χ1n) is 6.48. The Morgan fingerprint density at radius 1 is 1.25 bits per heavy atom. The fourth-order valence-electron chi connectivity index (χ4n) is 2.09. The molecule has 1 heterocycles. The second-order valence-corrected chi connectivity index (χ2v) is 5.66. The van der Waals surface area contributed by atoms with Crippen LogP contribution in [0.25, 0.3) is 0 Å². The summed E-state index contributed by atoms with van der Waals surface area (Å²) in [4.78, 5) is 17.8. The van der Waals surface area contributed by atoms with Crippen molar-refractivity contribution in [2.75, 3.05) is 18.5 Å². The Morgan fingerprint density at radius 3 is 2.60 bits per heavy atom. The second-order valence-electron chi connectivity index (χ2n) is 4.74. The molecule has 104 valence electrons. The van der Waals surface area contributed by atoms with E-state index in [-0.39, 0.29) is 5.78 Å². The number of benzene rings is 1. The van der Waals surface area contributed by atoms with Crippen LogP contribution in [0.1, 0.15) is 22.8 Å². The first-order valence-corrected chi connectivity index (χ1v) is 7.28. The minimum Gasteiger partial charge on any atom is -0.374 e. The summed E-state index contributed by atoms with van der Waals surface area (Å²) in [6.07, 6.45) is 4.52. The molecule has 0 aliphatic heterocycles. The Kier molecular flexibility index (Phi) is 4.90. The molecule has 0 saturated heterocycles. The number of carbonyl (C=O) groups excluding carboxylic acids is 1. The van der Waals surface area contributed by atoms with Crippen molar-refractivity contribution in [1.29, 1.82) is 0 Å². The van der Waals surface area contributed by atoms with Crippen LogP contribution in [0, 0.1) is 0 Å². The largest absolute Gasteiger partial charge is 0.374 e. The van der Waals surface area contributed by atoms with Crippen LogP contribution in [0.5, 0.6) is 0 Å². The molecule has 2 rings (SSSR count). The highest BCUT2D eigenvalue weighted by Crippen LogP contribution is 2.25. The van der Waals surface area contributed by atoms with Crippen molar-refractivity contribution in [1.82, 2.24) is 4.98 Å². The smallest absolute Gasteiger partial charge is 0.161 e. The van der Waals surface area contributed by atoms with Gasteiger partial charge in [-0.05, 0) is 49.2 Å². The van der Waals surface area contributed by atoms with Crippen LogP contribution >= 0.6 is 15.9 Å². The summed E-state index contributed by atoms with van der Waals surface area (Å²) in [6.45, 7) is 2.45. The number of nitrogens with zero attached hydrogens (tertiary/aromatic N) is 2. The molecule has 1 aromatic heterocycles. The summed E-state index contributed by atoms with van der Waals surface area (Å²) in [7, 11) is 2.01. The maximum atomic E-state index is 11.7. The highest BCUT2D eigenvalue weighted by molar-refractivity contribution is 9.10. The van der Waals surface area contributed by atoms with Crippen molar-refractivity contribution in [2.45, 2.75) is 13.3 Å². The van der Waals surface area contributed by atoms with Gasteiger partial charge in [0.05, 0.1) is 0 Å². The molecule has 3 nitrogen and oxygen atoms in total. The zero-order valence-electron chi connectivity index (χ0n) is 11.6. The van der Waals surface area contributed by atoms with Gasteiger partial charge < -0.3 is 4.90 Å². The standard InChI is InChI=1S/C16H17BrN2O/c1-12(20)15-4-3-14(17)11-16(15)19(2)10-7-13-5-8-18-9-6-13/h3-6,8-9,11H,7,10H2,1-2H3. The molecule has 1 aromatic carbocycles. The van der Waals surface area contributed by atoms with E-state index < -0.39 is 0 Å². The van der Waals surface area contributed by atoms with E-state index in [2.05, 4.69) is 25.8 Å². The molecule has 0 unspecified atom stereocenters. The van der Waals surface area contributed by atoms with E-state index in [4.69, 9.17) is 0 Å². The Bertz CT molecular complexity index is 599. The normalized spacial score (nSPS) is 10.3. The van der Waals surface area contributed by atoms with Gasteiger partial charge in [-0.3, -0.25) is 9.78 Å². The Morgan fingerprint density at radius 2 is 1.95 bits per heavy atom. The third-order valence-electron chi connectivity index (χ3n) is 3.24. The molecule has 0 atom stereocenters. The molecule has 2 aromatic rings. The first-order chi connectivity index (χ1) is 9.58. The molecule has 0 saturated carbocycles. The number of halogens is 1. The Hall–Kier alpha value is -1.68. The number of hydrogen-bond donors (Lipinski definition) is 0. The van der Waals surface area contributed by atoms with E-state index in [9.17, 15) is 4.79 Å². The van der Waals surface area contributed by atoms with Gasteiger partial charge in [0.1, 0.15) is 0 Å². The van der Waals surface area contributed by atoms with E-state index in [0.717, 1.165) is 28.7 Å². The number of rotatable bonds is 5. The minimum atomic E-state index is 0.0864. The molecule has 0 bridgehead atoms. The van der Waals surface area contributed by atoms with Crippen molar-refractivity contribution in [3.63, 3.8) is 0 Å². The summed E-state index contributed by atoms with van der Waals surface area (Å²) in [5.74, 6) is 0.0864. The average Bonchev–Trinajstić information content (AvgIpc) is 2.45. The zero-order valence-corrected chi connectivity index (χ0v) is 13.2.